The summed E-state index contributed by atoms with van der Waals surface area (Å²) in [5, 5.41) is 3.03. The molecule has 0 radical (unpaired) electrons. The van der Waals surface area contributed by atoms with E-state index in [1.807, 2.05) is 17.0 Å². The van der Waals surface area contributed by atoms with E-state index >= 15 is 0 Å². The first-order valence-electron chi connectivity index (χ1n) is 9.61. The molecule has 0 bridgehead atoms. The Kier molecular flexibility index (Phi) is 4.48. The van der Waals surface area contributed by atoms with Crippen LogP contribution in [-0.2, 0) is 16.1 Å². The van der Waals surface area contributed by atoms with Crippen molar-refractivity contribution in [2.45, 2.75) is 51.5 Å². The zero-order chi connectivity index (χ0) is 17.3. The minimum Gasteiger partial charge on any atom is -0.352 e. The predicted molar refractivity (Wildman–Crippen MR) is 94.4 cm³/mol. The molecule has 1 aliphatic heterocycles. The second-order valence-corrected chi connectivity index (χ2v) is 8.12. The van der Waals surface area contributed by atoms with Crippen LogP contribution in [0.25, 0.3) is 0 Å². The Morgan fingerprint density at radius 3 is 2.92 bits per heavy atom. The molecule has 134 valence electrons. The third-order valence-electron chi connectivity index (χ3n) is 6.37. The number of hydrogen-bond acceptors (Lipinski definition) is 3. The van der Waals surface area contributed by atoms with Crippen molar-refractivity contribution in [2.75, 3.05) is 13.1 Å². The Bertz CT molecular complexity index is 642. The average molecular weight is 341 g/mol. The van der Waals surface area contributed by atoms with Gasteiger partial charge in [-0.15, -0.1) is 0 Å². The van der Waals surface area contributed by atoms with Crippen molar-refractivity contribution in [3.8, 4) is 0 Å². The van der Waals surface area contributed by atoms with Crippen molar-refractivity contribution in [3.05, 3.63) is 30.1 Å². The molecule has 25 heavy (non-hydrogen) atoms. The number of rotatable bonds is 5. The van der Waals surface area contributed by atoms with Gasteiger partial charge in [0.15, 0.2) is 0 Å². The summed E-state index contributed by atoms with van der Waals surface area (Å²) in [5.74, 6) is 1.12. The second kappa shape index (κ2) is 6.77. The number of amides is 2. The standard InChI is InChI=1S/C20H27N3O2/c24-18(10-15-4-1-2-5-15)23-9-7-20(14-23)11-17(20)19(25)22-13-16-6-3-8-21-12-16/h3,6,8,12,15,17H,1-2,4-5,7,9-11,13-14H2,(H,22,25)/t17-,20-/m1/s1. The summed E-state index contributed by atoms with van der Waals surface area (Å²) in [6, 6.07) is 3.85. The lowest BCUT2D eigenvalue weighted by Gasteiger charge is -2.19. The van der Waals surface area contributed by atoms with Crippen LogP contribution >= 0.6 is 0 Å². The smallest absolute Gasteiger partial charge is 0.224 e. The van der Waals surface area contributed by atoms with Gasteiger partial charge in [0.25, 0.3) is 0 Å². The van der Waals surface area contributed by atoms with Gasteiger partial charge in [0.05, 0.1) is 0 Å². The highest BCUT2D eigenvalue weighted by Gasteiger charge is 2.61. The zero-order valence-corrected chi connectivity index (χ0v) is 14.7. The van der Waals surface area contributed by atoms with Gasteiger partial charge in [-0.3, -0.25) is 14.6 Å². The third-order valence-corrected chi connectivity index (χ3v) is 6.37. The van der Waals surface area contributed by atoms with E-state index in [1.54, 1.807) is 12.4 Å². The topological polar surface area (TPSA) is 62.3 Å². The van der Waals surface area contributed by atoms with Crippen molar-refractivity contribution < 1.29 is 9.59 Å². The zero-order valence-electron chi connectivity index (χ0n) is 14.7. The molecule has 1 saturated heterocycles. The molecule has 1 N–H and O–H groups in total. The number of hydrogen-bond donors (Lipinski definition) is 1. The van der Waals surface area contributed by atoms with E-state index in [1.165, 1.54) is 25.7 Å². The van der Waals surface area contributed by atoms with Gasteiger partial charge in [-0.05, 0) is 43.2 Å². The predicted octanol–water partition coefficient (Wildman–Crippen LogP) is 2.52. The van der Waals surface area contributed by atoms with E-state index < -0.39 is 0 Å². The van der Waals surface area contributed by atoms with E-state index in [-0.39, 0.29) is 17.2 Å². The van der Waals surface area contributed by atoms with Crippen LogP contribution in [0.1, 0.15) is 50.5 Å². The highest BCUT2D eigenvalue weighted by molar-refractivity contribution is 5.83. The monoisotopic (exact) mass is 341 g/mol. The molecule has 2 aliphatic carbocycles. The maximum Gasteiger partial charge on any atom is 0.224 e. The van der Waals surface area contributed by atoms with Gasteiger partial charge in [-0.2, -0.15) is 0 Å². The maximum absolute atomic E-state index is 12.5. The molecule has 3 fully saturated rings. The molecule has 4 rings (SSSR count). The number of pyridine rings is 1. The number of nitrogens with zero attached hydrogens (tertiary/aromatic N) is 2. The maximum atomic E-state index is 12.5. The number of nitrogens with one attached hydrogen (secondary N) is 1. The van der Waals surface area contributed by atoms with Crippen LogP contribution in [-0.4, -0.2) is 34.8 Å². The van der Waals surface area contributed by atoms with Crippen LogP contribution in [0.5, 0.6) is 0 Å². The van der Waals surface area contributed by atoms with E-state index in [0.29, 0.717) is 24.8 Å². The van der Waals surface area contributed by atoms with E-state index in [2.05, 4.69) is 10.3 Å². The summed E-state index contributed by atoms with van der Waals surface area (Å²) >= 11 is 0. The Balaban J connectivity index is 1.25. The molecule has 5 nitrogen and oxygen atoms in total. The Labute approximate surface area is 149 Å². The number of carbonyl (C=O) groups excluding carboxylic acids is 2. The Morgan fingerprint density at radius 2 is 2.16 bits per heavy atom. The fraction of sp³-hybridized carbons (Fsp3) is 0.650. The van der Waals surface area contributed by atoms with Gasteiger partial charge in [0, 0.05) is 49.8 Å². The fourth-order valence-corrected chi connectivity index (χ4v) is 4.68. The highest BCUT2D eigenvalue weighted by Crippen LogP contribution is 2.58. The lowest BCUT2D eigenvalue weighted by molar-refractivity contribution is -0.131. The summed E-state index contributed by atoms with van der Waals surface area (Å²) in [4.78, 5) is 31.1. The van der Waals surface area contributed by atoms with Crippen molar-refractivity contribution in [2.24, 2.45) is 17.3 Å². The Morgan fingerprint density at radius 1 is 1.32 bits per heavy atom. The average Bonchev–Trinajstić information content (AvgIpc) is 2.96. The van der Waals surface area contributed by atoms with Crippen LogP contribution < -0.4 is 5.32 Å². The highest BCUT2D eigenvalue weighted by atomic mass is 16.2. The quantitative estimate of drug-likeness (QED) is 0.895. The number of aromatic nitrogens is 1. The van der Waals surface area contributed by atoms with E-state index in [0.717, 1.165) is 31.5 Å². The molecule has 1 aromatic rings. The molecule has 1 aromatic heterocycles. The van der Waals surface area contributed by atoms with Crippen LogP contribution in [0.3, 0.4) is 0 Å². The summed E-state index contributed by atoms with van der Waals surface area (Å²) in [5.41, 5.74) is 1.08. The van der Waals surface area contributed by atoms with Crippen molar-refractivity contribution >= 4 is 11.8 Å². The van der Waals surface area contributed by atoms with Crippen molar-refractivity contribution in [1.29, 1.82) is 0 Å². The first-order valence-corrected chi connectivity index (χ1v) is 9.61. The van der Waals surface area contributed by atoms with Crippen LogP contribution in [0.4, 0.5) is 0 Å². The van der Waals surface area contributed by atoms with Gasteiger partial charge in [-0.25, -0.2) is 0 Å². The minimum atomic E-state index is 0.0599. The van der Waals surface area contributed by atoms with Gasteiger partial charge in [0.2, 0.25) is 11.8 Å². The second-order valence-electron chi connectivity index (χ2n) is 8.12. The van der Waals surface area contributed by atoms with Crippen molar-refractivity contribution in [3.63, 3.8) is 0 Å². The molecular formula is C20H27N3O2. The number of carbonyl (C=O) groups is 2. The summed E-state index contributed by atoms with van der Waals surface area (Å²) < 4.78 is 0. The lowest BCUT2D eigenvalue weighted by atomic mass is 10.0. The molecule has 3 aliphatic rings. The molecule has 1 spiro atoms. The van der Waals surface area contributed by atoms with E-state index in [9.17, 15) is 9.59 Å². The fourth-order valence-electron chi connectivity index (χ4n) is 4.68. The normalized spacial score (nSPS) is 28.5. The van der Waals surface area contributed by atoms with Crippen LogP contribution in [0.15, 0.2) is 24.5 Å². The minimum absolute atomic E-state index is 0.0599. The summed E-state index contributed by atoms with van der Waals surface area (Å²) in [6.45, 7) is 2.14. The molecular weight excluding hydrogens is 314 g/mol. The van der Waals surface area contributed by atoms with Crippen LogP contribution in [0, 0.1) is 17.3 Å². The number of likely N-dealkylation sites (tertiary alicyclic amines) is 1. The Hall–Kier alpha value is -1.91. The largest absolute Gasteiger partial charge is 0.352 e. The lowest BCUT2D eigenvalue weighted by Crippen LogP contribution is -2.32. The SMILES string of the molecule is O=C(NCc1cccnc1)[C@H]1C[C@@]12CCN(C(=O)CC1CCCC1)C2. The summed E-state index contributed by atoms with van der Waals surface area (Å²) in [6.07, 6.45) is 11.1. The molecule has 2 atom stereocenters. The van der Waals surface area contributed by atoms with Gasteiger partial charge in [-0.1, -0.05) is 18.9 Å². The van der Waals surface area contributed by atoms with Gasteiger partial charge in [0.1, 0.15) is 0 Å². The first kappa shape index (κ1) is 16.6. The van der Waals surface area contributed by atoms with Gasteiger partial charge < -0.3 is 10.2 Å². The first-order chi connectivity index (χ1) is 12.2. The molecule has 0 aromatic carbocycles. The third kappa shape index (κ3) is 3.55. The van der Waals surface area contributed by atoms with Crippen LogP contribution in [0.2, 0.25) is 0 Å². The summed E-state index contributed by atoms with van der Waals surface area (Å²) in [7, 11) is 0. The van der Waals surface area contributed by atoms with Gasteiger partial charge >= 0.3 is 0 Å². The molecule has 0 unspecified atom stereocenters. The molecule has 2 amide bonds. The molecule has 2 heterocycles. The van der Waals surface area contributed by atoms with E-state index in [4.69, 9.17) is 0 Å². The van der Waals surface area contributed by atoms with Crippen molar-refractivity contribution in [1.82, 2.24) is 15.2 Å². The molecule has 5 heteroatoms. The molecule has 2 saturated carbocycles.